The third-order valence-corrected chi connectivity index (χ3v) is 3.05. The summed E-state index contributed by atoms with van der Waals surface area (Å²) in [7, 11) is 0. The number of carboxylic acid groups (broad SMARTS) is 1. The maximum absolute atomic E-state index is 11.8. The van der Waals surface area contributed by atoms with E-state index in [1.54, 1.807) is 45.0 Å². The van der Waals surface area contributed by atoms with Crippen molar-refractivity contribution < 1.29 is 19.4 Å². The molecule has 0 aliphatic heterocycles. The van der Waals surface area contributed by atoms with E-state index in [0.29, 0.717) is 11.4 Å². The molecule has 132 valence electrons. The van der Waals surface area contributed by atoms with E-state index >= 15 is 0 Å². The molecule has 1 aromatic heterocycles. The second-order valence-electron chi connectivity index (χ2n) is 6.31. The molecule has 2 rings (SSSR count). The first kappa shape index (κ1) is 18.2. The highest BCUT2D eigenvalue weighted by atomic mass is 16.6. The fourth-order valence-corrected chi connectivity index (χ4v) is 2.00. The van der Waals surface area contributed by atoms with Crippen molar-refractivity contribution in [2.24, 2.45) is 0 Å². The Bertz CT molecular complexity index is 728. The Kier molecular flexibility index (Phi) is 5.58. The molecule has 0 fully saturated rings. The predicted molar refractivity (Wildman–Crippen MR) is 87.6 cm³/mol. The van der Waals surface area contributed by atoms with Gasteiger partial charge >= 0.3 is 12.1 Å². The molecule has 0 aliphatic rings. The number of carbonyl (C=O) groups excluding carboxylic acids is 1. The number of ether oxygens (including phenoxy) is 1. The van der Waals surface area contributed by atoms with Gasteiger partial charge in [-0.15, -0.1) is 20.4 Å². The Morgan fingerprint density at radius 2 is 1.76 bits per heavy atom. The van der Waals surface area contributed by atoms with Gasteiger partial charge in [0.1, 0.15) is 11.6 Å². The normalized spacial score (nSPS) is 12.3. The molecule has 0 saturated heterocycles. The molecule has 1 atom stereocenters. The van der Waals surface area contributed by atoms with Crippen molar-refractivity contribution in [2.75, 3.05) is 0 Å². The van der Waals surface area contributed by atoms with Crippen LogP contribution in [0.1, 0.15) is 26.3 Å². The van der Waals surface area contributed by atoms with Crippen molar-refractivity contribution in [2.45, 2.75) is 38.8 Å². The van der Waals surface area contributed by atoms with Crippen molar-refractivity contribution >= 4 is 12.1 Å². The minimum atomic E-state index is -1.14. The topological polar surface area (TPSA) is 127 Å². The zero-order valence-corrected chi connectivity index (χ0v) is 14.1. The average Bonchev–Trinajstić information content (AvgIpc) is 2.54. The van der Waals surface area contributed by atoms with Gasteiger partial charge in [0.15, 0.2) is 6.33 Å². The van der Waals surface area contributed by atoms with Gasteiger partial charge in [0.05, 0.1) is 0 Å². The van der Waals surface area contributed by atoms with Crippen LogP contribution < -0.4 is 5.32 Å². The Morgan fingerprint density at radius 1 is 1.16 bits per heavy atom. The van der Waals surface area contributed by atoms with Crippen LogP contribution >= 0.6 is 0 Å². The lowest BCUT2D eigenvalue weighted by Crippen LogP contribution is -2.44. The number of aliphatic carboxylic acids is 1. The quantitative estimate of drug-likeness (QED) is 0.833. The Hall–Kier alpha value is -3.10. The van der Waals surface area contributed by atoms with Crippen LogP contribution in [0.5, 0.6) is 0 Å². The van der Waals surface area contributed by atoms with Gasteiger partial charge in [-0.3, -0.25) is 0 Å². The SMILES string of the molecule is CC(C)(C)OC(=O)N[C@@H](Cc1ccc(-c2nncnn2)cc1)C(=O)O. The largest absolute Gasteiger partial charge is 0.480 e. The van der Waals surface area contributed by atoms with Crippen LogP contribution in [-0.2, 0) is 16.0 Å². The van der Waals surface area contributed by atoms with Gasteiger partial charge in [-0.05, 0) is 26.3 Å². The van der Waals surface area contributed by atoms with Crippen LogP contribution in [0.25, 0.3) is 11.4 Å². The van der Waals surface area contributed by atoms with E-state index in [9.17, 15) is 14.7 Å². The number of carbonyl (C=O) groups is 2. The molecule has 0 unspecified atom stereocenters. The standard InChI is InChI=1S/C16H19N5O4/c1-16(2,3)25-15(24)19-12(14(22)23)8-10-4-6-11(7-5-10)13-20-17-9-18-21-13/h4-7,9,12H,8H2,1-3H3,(H,19,24)(H,22,23)/t12-/m0/s1. The van der Waals surface area contributed by atoms with Gasteiger partial charge in [-0.2, -0.15) is 0 Å². The van der Waals surface area contributed by atoms with E-state index in [2.05, 4.69) is 25.7 Å². The summed E-state index contributed by atoms with van der Waals surface area (Å²) < 4.78 is 5.09. The summed E-state index contributed by atoms with van der Waals surface area (Å²) in [5.74, 6) is -0.773. The van der Waals surface area contributed by atoms with Crippen LogP contribution in [0.3, 0.4) is 0 Å². The van der Waals surface area contributed by atoms with Crippen molar-refractivity contribution in [3.05, 3.63) is 36.2 Å². The van der Waals surface area contributed by atoms with E-state index in [-0.39, 0.29) is 6.42 Å². The molecule has 0 aliphatic carbocycles. The summed E-state index contributed by atoms with van der Waals surface area (Å²) in [6.45, 7) is 5.11. The van der Waals surface area contributed by atoms with Crippen molar-refractivity contribution in [1.82, 2.24) is 25.7 Å². The van der Waals surface area contributed by atoms with Gasteiger partial charge < -0.3 is 15.2 Å². The van der Waals surface area contributed by atoms with Crippen LogP contribution in [0, 0.1) is 0 Å². The van der Waals surface area contributed by atoms with Crippen LogP contribution in [0.2, 0.25) is 0 Å². The van der Waals surface area contributed by atoms with Crippen LogP contribution in [0.15, 0.2) is 30.6 Å². The van der Waals surface area contributed by atoms with Crippen LogP contribution in [-0.4, -0.2) is 49.2 Å². The number of rotatable bonds is 5. The number of alkyl carbamates (subject to hydrolysis) is 1. The highest BCUT2D eigenvalue weighted by Gasteiger charge is 2.24. The molecule has 0 spiro atoms. The number of benzene rings is 1. The molecular formula is C16H19N5O4. The zero-order valence-electron chi connectivity index (χ0n) is 14.1. The van der Waals surface area contributed by atoms with Gasteiger partial charge in [0.25, 0.3) is 0 Å². The average molecular weight is 345 g/mol. The number of hydrogen-bond donors (Lipinski definition) is 2. The number of hydrogen-bond acceptors (Lipinski definition) is 7. The predicted octanol–water partition coefficient (Wildman–Crippen LogP) is 1.45. The summed E-state index contributed by atoms with van der Waals surface area (Å²) in [5.41, 5.74) is 0.729. The molecule has 2 aromatic rings. The molecule has 1 aromatic carbocycles. The van der Waals surface area contributed by atoms with Crippen molar-refractivity contribution in [1.29, 1.82) is 0 Å². The molecule has 25 heavy (non-hydrogen) atoms. The highest BCUT2D eigenvalue weighted by molar-refractivity contribution is 5.80. The lowest BCUT2D eigenvalue weighted by atomic mass is 10.0. The Balaban J connectivity index is 2.04. The molecule has 0 radical (unpaired) electrons. The smallest absolute Gasteiger partial charge is 0.408 e. The third-order valence-electron chi connectivity index (χ3n) is 3.05. The number of nitrogens with zero attached hydrogens (tertiary/aromatic N) is 4. The van der Waals surface area contributed by atoms with Gasteiger partial charge in [-0.1, -0.05) is 24.3 Å². The minimum absolute atomic E-state index is 0.112. The zero-order chi connectivity index (χ0) is 18.4. The van der Waals surface area contributed by atoms with E-state index < -0.39 is 23.7 Å². The molecule has 1 amide bonds. The summed E-state index contributed by atoms with van der Waals surface area (Å²) in [5, 5.41) is 26.7. The molecule has 9 heteroatoms. The second kappa shape index (κ2) is 7.65. The number of aromatic nitrogens is 4. The summed E-state index contributed by atoms with van der Waals surface area (Å²) in [6, 6.07) is 5.84. The Morgan fingerprint density at radius 3 is 2.28 bits per heavy atom. The van der Waals surface area contributed by atoms with Crippen molar-refractivity contribution in [3.8, 4) is 11.4 Å². The van der Waals surface area contributed by atoms with Crippen molar-refractivity contribution in [3.63, 3.8) is 0 Å². The first-order valence-electron chi connectivity index (χ1n) is 7.56. The Labute approximate surface area is 144 Å². The molecule has 1 heterocycles. The first-order valence-corrected chi connectivity index (χ1v) is 7.56. The second-order valence-corrected chi connectivity index (χ2v) is 6.31. The number of amides is 1. The number of nitrogens with one attached hydrogen (secondary N) is 1. The minimum Gasteiger partial charge on any atom is -0.480 e. The van der Waals surface area contributed by atoms with Gasteiger partial charge in [0, 0.05) is 12.0 Å². The van der Waals surface area contributed by atoms with Crippen LogP contribution in [0.4, 0.5) is 4.79 Å². The molecule has 9 nitrogen and oxygen atoms in total. The lowest BCUT2D eigenvalue weighted by molar-refractivity contribution is -0.139. The van der Waals surface area contributed by atoms with E-state index in [4.69, 9.17) is 4.74 Å². The summed E-state index contributed by atoms with van der Waals surface area (Å²) >= 11 is 0. The summed E-state index contributed by atoms with van der Waals surface area (Å²) in [4.78, 5) is 23.2. The highest BCUT2D eigenvalue weighted by Crippen LogP contribution is 2.15. The van der Waals surface area contributed by atoms with E-state index in [0.717, 1.165) is 5.56 Å². The lowest BCUT2D eigenvalue weighted by Gasteiger charge is -2.22. The van der Waals surface area contributed by atoms with Gasteiger partial charge in [-0.25, -0.2) is 9.59 Å². The molecule has 2 N–H and O–H groups in total. The summed E-state index contributed by atoms with van der Waals surface area (Å²) in [6.07, 6.45) is 0.574. The van der Waals surface area contributed by atoms with E-state index in [1.807, 2.05) is 0 Å². The maximum Gasteiger partial charge on any atom is 0.408 e. The third kappa shape index (κ3) is 5.79. The fourth-order valence-electron chi connectivity index (χ4n) is 2.00. The fraction of sp³-hybridized carbons (Fsp3) is 0.375. The molecule has 0 bridgehead atoms. The first-order chi connectivity index (χ1) is 11.7. The maximum atomic E-state index is 11.8. The monoisotopic (exact) mass is 345 g/mol. The van der Waals surface area contributed by atoms with E-state index in [1.165, 1.54) is 6.33 Å². The van der Waals surface area contributed by atoms with Gasteiger partial charge in [0.2, 0.25) is 5.82 Å². The molecular weight excluding hydrogens is 326 g/mol. The molecule has 0 saturated carbocycles. The number of carboxylic acids is 1.